The van der Waals surface area contributed by atoms with Gasteiger partial charge in [0.25, 0.3) is 0 Å². The summed E-state index contributed by atoms with van der Waals surface area (Å²) in [6.07, 6.45) is 1.98. The number of hydrogen-bond acceptors (Lipinski definition) is 5. The largest absolute Gasteiger partial charge is 0.497 e. The van der Waals surface area contributed by atoms with Gasteiger partial charge in [0.15, 0.2) is 5.16 Å². The van der Waals surface area contributed by atoms with Gasteiger partial charge >= 0.3 is 0 Å². The number of aromatic nitrogens is 2. The lowest BCUT2D eigenvalue weighted by Gasteiger charge is -2.09. The fourth-order valence-corrected chi connectivity index (χ4v) is 4.05. The Bertz CT molecular complexity index is 1220. The fraction of sp³-hybridized carbons (Fsp3) is 0.154. The van der Waals surface area contributed by atoms with Gasteiger partial charge in [-0.05, 0) is 67.6 Å². The summed E-state index contributed by atoms with van der Waals surface area (Å²) in [7, 11) is 3.28. The maximum absolute atomic E-state index is 12.5. The van der Waals surface area contributed by atoms with Gasteiger partial charge in [0, 0.05) is 23.1 Å². The molecule has 0 aliphatic carbocycles. The van der Waals surface area contributed by atoms with Crippen LogP contribution in [0.3, 0.4) is 0 Å². The van der Waals surface area contributed by atoms with Crippen molar-refractivity contribution in [1.82, 2.24) is 9.55 Å². The van der Waals surface area contributed by atoms with E-state index < -0.39 is 0 Å². The summed E-state index contributed by atoms with van der Waals surface area (Å²) in [5.74, 6) is 1.72. The molecule has 7 heteroatoms. The topological polar surface area (TPSA) is 65.4 Å². The number of ether oxygens (including phenoxy) is 2. The molecule has 0 saturated carbocycles. The average Bonchev–Trinajstić information content (AvgIpc) is 3.28. The number of rotatable bonds is 8. The highest BCUT2D eigenvalue weighted by Gasteiger charge is 2.14. The molecule has 1 heterocycles. The third kappa shape index (κ3) is 5.56. The number of carbonyl (C=O) groups is 1. The minimum Gasteiger partial charge on any atom is -0.497 e. The van der Waals surface area contributed by atoms with Crippen LogP contribution in [0.4, 0.5) is 5.69 Å². The van der Waals surface area contributed by atoms with Gasteiger partial charge in [0.05, 0.1) is 25.7 Å². The number of hydrogen-bond donors (Lipinski definition) is 1. The van der Waals surface area contributed by atoms with Crippen molar-refractivity contribution in [3.05, 3.63) is 84.6 Å². The van der Waals surface area contributed by atoms with Crippen LogP contribution in [-0.2, 0) is 4.79 Å². The van der Waals surface area contributed by atoms with Crippen LogP contribution in [0.1, 0.15) is 5.56 Å². The zero-order valence-corrected chi connectivity index (χ0v) is 19.6. The molecule has 168 valence electrons. The Morgan fingerprint density at radius 1 is 0.909 bits per heavy atom. The molecule has 0 bridgehead atoms. The van der Waals surface area contributed by atoms with Crippen molar-refractivity contribution in [1.29, 1.82) is 0 Å². The summed E-state index contributed by atoms with van der Waals surface area (Å²) in [6.45, 7) is 2.01. The van der Waals surface area contributed by atoms with Gasteiger partial charge in [-0.25, -0.2) is 4.98 Å². The predicted molar refractivity (Wildman–Crippen MR) is 133 cm³/mol. The van der Waals surface area contributed by atoms with Gasteiger partial charge in [0.2, 0.25) is 5.91 Å². The number of aryl methyl sites for hydroxylation is 1. The highest BCUT2D eigenvalue weighted by atomic mass is 32.2. The monoisotopic (exact) mass is 459 g/mol. The van der Waals surface area contributed by atoms with Crippen LogP contribution in [0, 0.1) is 6.92 Å². The second-order valence-electron chi connectivity index (χ2n) is 7.41. The van der Waals surface area contributed by atoms with E-state index in [0.29, 0.717) is 0 Å². The first-order chi connectivity index (χ1) is 16.1. The van der Waals surface area contributed by atoms with E-state index in [1.807, 2.05) is 90.5 Å². The number of benzene rings is 3. The van der Waals surface area contributed by atoms with E-state index in [1.54, 1.807) is 14.2 Å². The molecule has 1 amide bonds. The molecule has 0 aliphatic heterocycles. The summed E-state index contributed by atoms with van der Waals surface area (Å²) < 4.78 is 12.5. The molecule has 4 rings (SSSR count). The number of imidazole rings is 1. The van der Waals surface area contributed by atoms with Crippen molar-refractivity contribution in [3.63, 3.8) is 0 Å². The van der Waals surface area contributed by atoms with E-state index >= 15 is 0 Å². The van der Waals surface area contributed by atoms with E-state index in [1.165, 1.54) is 11.8 Å². The number of amides is 1. The van der Waals surface area contributed by atoms with Crippen LogP contribution in [0.2, 0.25) is 0 Å². The second kappa shape index (κ2) is 10.3. The van der Waals surface area contributed by atoms with Crippen LogP contribution in [0.25, 0.3) is 16.9 Å². The van der Waals surface area contributed by atoms with E-state index in [0.717, 1.165) is 44.9 Å². The van der Waals surface area contributed by atoms with Crippen LogP contribution in [0.15, 0.2) is 84.1 Å². The Kier molecular flexibility index (Phi) is 7.00. The first-order valence-corrected chi connectivity index (χ1v) is 11.4. The molecule has 0 saturated heterocycles. The molecule has 33 heavy (non-hydrogen) atoms. The summed E-state index contributed by atoms with van der Waals surface area (Å²) in [5.41, 5.74) is 4.65. The Morgan fingerprint density at radius 2 is 1.52 bits per heavy atom. The molecule has 0 aliphatic rings. The molecule has 6 nitrogen and oxygen atoms in total. The highest BCUT2D eigenvalue weighted by Crippen LogP contribution is 2.29. The van der Waals surface area contributed by atoms with Gasteiger partial charge in [-0.3, -0.25) is 9.36 Å². The molecular weight excluding hydrogens is 434 g/mol. The number of nitrogens with one attached hydrogen (secondary N) is 1. The lowest BCUT2D eigenvalue weighted by atomic mass is 10.1. The molecular formula is C26H25N3O3S. The van der Waals surface area contributed by atoms with Gasteiger partial charge in [-0.2, -0.15) is 0 Å². The normalized spacial score (nSPS) is 10.6. The molecule has 0 atom stereocenters. The third-order valence-corrected chi connectivity index (χ3v) is 6.03. The molecule has 0 fully saturated rings. The quantitative estimate of drug-likeness (QED) is 0.348. The fourth-order valence-electron chi connectivity index (χ4n) is 3.26. The molecule has 0 spiro atoms. The highest BCUT2D eigenvalue weighted by molar-refractivity contribution is 7.99. The lowest BCUT2D eigenvalue weighted by Crippen LogP contribution is -2.14. The Balaban J connectivity index is 1.57. The van der Waals surface area contributed by atoms with Crippen molar-refractivity contribution < 1.29 is 14.3 Å². The molecule has 4 aromatic rings. The predicted octanol–water partition coefficient (Wildman–Crippen LogP) is 5.60. The van der Waals surface area contributed by atoms with Gasteiger partial charge < -0.3 is 14.8 Å². The van der Waals surface area contributed by atoms with Crippen molar-refractivity contribution in [3.8, 4) is 28.4 Å². The minimum absolute atomic E-state index is 0.0841. The van der Waals surface area contributed by atoms with Crippen molar-refractivity contribution in [2.24, 2.45) is 0 Å². The number of carbonyl (C=O) groups excluding carboxylic acids is 1. The van der Waals surface area contributed by atoms with E-state index in [9.17, 15) is 4.79 Å². The first kappa shape index (κ1) is 22.5. The third-order valence-electron chi connectivity index (χ3n) is 5.08. The van der Waals surface area contributed by atoms with Gasteiger partial charge in [0.1, 0.15) is 11.5 Å². The van der Waals surface area contributed by atoms with Crippen LogP contribution >= 0.6 is 11.8 Å². The maximum atomic E-state index is 12.5. The summed E-state index contributed by atoms with van der Waals surface area (Å²) in [4.78, 5) is 17.4. The zero-order valence-electron chi connectivity index (χ0n) is 18.7. The first-order valence-electron chi connectivity index (χ1n) is 10.4. The SMILES string of the molecule is COc1ccc(-c2cn(-c3ccc(OC)cc3)c(SCC(=O)Nc3ccc(C)cc3)n2)cc1. The van der Waals surface area contributed by atoms with Crippen molar-refractivity contribution >= 4 is 23.4 Å². The van der Waals surface area contributed by atoms with Crippen LogP contribution in [0.5, 0.6) is 11.5 Å². The Hall–Kier alpha value is -3.71. The molecule has 1 aromatic heterocycles. The van der Waals surface area contributed by atoms with Crippen molar-refractivity contribution in [2.45, 2.75) is 12.1 Å². The Morgan fingerprint density at radius 3 is 2.12 bits per heavy atom. The molecule has 1 N–H and O–H groups in total. The number of thioether (sulfide) groups is 1. The molecule has 0 radical (unpaired) electrons. The lowest BCUT2D eigenvalue weighted by molar-refractivity contribution is -0.113. The van der Waals surface area contributed by atoms with Crippen LogP contribution < -0.4 is 14.8 Å². The summed E-state index contributed by atoms with van der Waals surface area (Å²) in [6, 6.07) is 23.2. The average molecular weight is 460 g/mol. The smallest absolute Gasteiger partial charge is 0.234 e. The number of methoxy groups -OCH3 is 2. The number of anilines is 1. The van der Waals surface area contributed by atoms with E-state index in [4.69, 9.17) is 14.5 Å². The van der Waals surface area contributed by atoms with Crippen LogP contribution in [-0.4, -0.2) is 35.4 Å². The number of nitrogens with zero attached hydrogens (tertiary/aromatic N) is 2. The maximum Gasteiger partial charge on any atom is 0.234 e. The zero-order chi connectivity index (χ0) is 23.2. The Labute approximate surface area is 197 Å². The summed E-state index contributed by atoms with van der Waals surface area (Å²) >= 11 is 1.39. The standard InChI is InChI=1S/C26H25N3O3S/c1-18-4-8-20(9-5-18)27-25(30)17-33-26-28-24(19-6-12-22(31-2)13-7-19)16-29(26)21-10-14-23(32-3)15-11-21/h4-16H,17H2,1-3H3,(H,27,30). The summed E-state index contributed by atoms with van der Waals surface area (Å²) in [5, 5.41) is 3.66. The van der Waals surface area contributed by atoms with Gasteiger partial charge in [-0.15, -0.1) is 0 Å². The second-order valence-corrected chi connectivity index (χ2v) is 8.35. The van der Waals surface area contributed by atoms with Crippen molar-refractivity contribution in [2.75, 3.05) is 25.3 Å². The van der Waals surface area contributed by atoms with E-state index in [2.05, 4.69) is 5.32 Å². The van der Waals surface area contributed by atoms with Gasteiger partial charge in [-0.1, -0.05) is 29.5 Å². The molecule has 3 aromatic carbocycles. The molecule has 0 unspecified atom stereocenters. The minimum atomic E-state index is -0.0841. The van der Waals surface area contributed by atoms with E-state index in [-0.39, 0.29) is 11.7 Å².